The summed E-state index contributed by atoms with van der Waals surface area (Å²) in [6.45, 7) is 0.920. The predicted octanol–water partition coefficient (Wildman–Crippen LogP) is 3.73. The van der Waals surface area contributed by atoms with Gasteiger partial charge in [-0.2, -0.15) is 0 Å². The summed E-state index contributed by atoms with van der Waals surface area (Å²) in [4.78, 5) is 0. The molecule has 0 aliphatic heterocycles. The van der Waals surface area contributed by atoms with Gasteiger partial charge in [0.15, 0.2) is 0 Å². The molecule has 0 atom stereocenters. The Balaban J connectivity index is 1.98. The van der Waals surface area contributed by atoms with Crippen LogP contribution in [0.25, 0.3) is 10.9 Å². The van der Waals surface area contributed by atoms with E-state index in [1.54, 1.807) is 0 Å². The van der Waals surface area contributed by atoms with Crippen molar-refractivity contribution in [2.24, 2.45) is 0 Å². The summed E-state index contributed by atoms with van der Waals surface area (Å²) in [5.41, 5.74) is 3.76. The Labute approximate surface area is 107 Å². The minimum atomic E-state index is 0.920. The van der Waals surface area contributed by atoms with Crippen molar-refractivity contribution in [3.05, 3.63) is 66.4 Å². The van der Waals surface area contributed by atoms with E-state index < -0.39 is 0 Å². The molecule has 0 fully saturated rings. The third-order valence-electron chi connectivity index (χ3n) is 3.26. The van der Waals surface area contributed by atoms with Crippen molar-refractivity contribution in [2.45, 2.75) is 6.54 Å². The quantitative estimate of drug-likeness (QED) is 0.733. The molecule has 0 bridgehead atoms. The molecule has 0 aliphatic carbocycles. The second-order valence-corrected chi connectivity index (χ2v) is 4.45. The third-order valence-corrected chi connectivity index (χ3v) is 3.26. The van der Waals surface area contributed by atoms with Gasteiger partial charge in [0.1, 0.15) is 0 Å². The molecular weight excluding hydrogens is 220 g/mol. The fourth-order valence-corrected chi connectivity index (χ4v) is 2.27. The minimum Gasteiger partial charge on any atom is -0.388 e. The lowest BCUT2D eigenvalue weighted by molar-refractivity contribution is 0.837. The van der Waals surface area contributed by atoms with Crippen LogP contribution in [0.2, 0.25) is 0 Å². The maximum atomic E-state index is 3.17. The molecule has 90 valence electrons. The molecule has 0 amide bonds. The summed E-state index contributed by atoms with van der Waals surface area (Å²) in [5, 5.41) is 4.44. The molecule has 0 saturated carbocycles. The van der Waals surface area contributed by atoms with E-state index in [0.29, 0.717) is 0 Å². The summed E-state index contributed by atoms with van der Waals surface area (Å²) in [7, 11) is 1.95. The first-order chi connectivity index (χ1) is 8.86. The van der Waals surface area contributed by atoms with Gasteiger partial charge in [-0.1, -0.05) is 30.3 Å². The summed E-state index contributed by atoms with van der Waals surface area (Å²) < 4.78 is 2.28. The molecule has 3 rings (SSSR count). The first kappa shape index (κ1) is 10.9. The molecule has 18 heavy (non-hydrogen) atoms. The van der Waals surface area contributed by atoms with Crippen LogP contribution in [0.3, 0.4) is 0 Å². The van der Waals surface area contributed by atoms with E-state index in [1.165, 1.54) is 16.5 Å². The van der Waals surface area contributed by atoms with E-state index in [-0.39, 0.29) is 0 Å². The van der Waals surface area contributed by atoms with Gasteiger partial charge in [-0.15, -0.1) is 0 Å². The lowest BCUT2D eigenvalue weighted by Crippen LogP contribution is -1.97. The van der Waals surface area contributed by atoms with Crippen LogP contribution in [0.1, 0.15) is 5.56 Å². The summed E-state index contributed by atoms with van der Waals surface area (Å²) in [6, 6.07) is 19.2. The smallest absolute Gasteiger partial charge is 0.0484 e. The highest BCUT2D eigenvalue weighted by Gasteiger charge is 2.02. The SMILES string of the molecule is CNc1ccc2c(ccn2Cc2ccccc2)c1. The number of aromatic nitrogens is 1. The first-order valence-corrected chi connectivity index (χ1v) is 6.17. The molecule has 2 aromatic carbocycles. The van der Waals surface area contributed by atoms with Crippen molar-refractivity contribution in [2.75, 3.05) is 12.4 Å². The molecule has 0 aliphatic rings. The third kappa shape index (κ3) is 1.97. The zero-order valence-electron chi connectivity index (χ0n) is 10.4. The van der Waals surface area contributed by atoms with E-state index in [1.807, 2.05) is 7.05 Å². The van der Waals surface area contributed by atoms with E-state index in [4.69, 9.17) is 0 Å². The van der Waals surface area contributed by atoms with Crippen molar-refractivity contribution < 1.29 is 0 Å². The van der Waals surface area contributed by atoms with Gasteiger partial charge in [0, 0.05) is 36.4 Å². The Morgan fingerprint density at radius 2 is 1.83 bits per heavy atom. The van der Waals surface area contributed by atoms with E-state index in [9.17, 15) is 0 Å². The number of nitrogens with zero attached hydrogens (tertiary/aromatic N) is 1. The monoisotopic (exact) mass is 236 g/mol. The van der Waals surface area contributed by atoms with Gasteiger partial charge in [-0.05, 0) is 29.8 Å². The Kier molecular flexibility index (Phi) is 2.77. The van der Waals surface area contributed by atoms with Crippen LogP contribution in [0, 0.1) is 0 Å². The zero-order chi connectivity index (χ0) is 12.4. The molecular formula is C16H16N2. The normalized spacial score (nSPS) is 10.7. The molecule has 0 unspecified atom stereocenters. The Morgan fingerprint density at radius 3 is 2.61 bits per heavy atom. The molecule has 0 radical (unpaired) electrons. The fraction of sp³-hybridized carbons (Fsp3) is 0.125. The van der Waals surface area contributed by atoms with Gasteiger partial charge in [0.25, 0.3) is 0 Å². The average Bonchev–Trinajstić information content (AvgIpc) is 2.82. The number of nitrogens with one attached hydrogen (secondary N) is 1. The zero-order valence-corrected chi connectivity index (χ0v) is 10.4. The van der Waals surface area contributed by atoms with Crippen LogP contribution >= 0.6 is 0 Å². The van der Waals surface area contributed by atoms with Crippen molar-refractivity contribution in [1.82, 2.24) is 4.57 Å². The van der Waals surface area contributed by atoms with Gasteiger partial charge in [0.05, 0.1) is 0 Å². The molecule has 3 aromatic rings. The topological polar surface area (TPSA) is 17.0 Å². The van der Waals surface area contributed by atoms with E-state index >= 15 is 0 Å². The molecule has 2 heteroatoms. The number of benzene rings is 2. The predicted molar refractivity (Wildman–Crippen MR) is 77.0 cm³/mol. The van der Waals surface area contributed by atoms with E-state index in [2.05, 4.69) is 70.7 Å². The van der Waals surface area contributed by atoms with Gasteiger partial charge in [-0.25, -0.2) is 0 Å². The number of anilines is 1. The van der Waals surface area contributed by atoms with Crippen LogP contribution in [0.5, 0.6) is 0 Å². The molecule has 0 saturated heterocycles. The van der Waals surface area contributed by atoms with Crippen molar-refractivity contribution in [1.29, 1.82) is 0 Å². The molecule has 0 spiro atoms. The van der Waals surface area contributed by atoms with Gasteiger partial charge >= 0.3 is 0 Å². The van der Waals surface area contributed by atoms with Crippen LogP contribution in [-0.4, -0.2) is 11.6 Å². The highest BCUT2D eigenvalue weighted by Crippen LogP contribution is 2.21. The number of fused-ring (bicyclic) bond motifs is 1. The van der Waals surface area contributed by atoms with Crippen molar-refractivity contribution in [3.8, 4) is 0 Å². The summed E-state index contributed by atoms with van der Waals surface area (Å²) in [5.74, 6) is 0. The van der Waals surface area contributed by atoms with Gasteiger partial charge < -0.3 is 9.88 Å². The Morgan fingerprint density at radius 1 is 1.00 bits per heavy atom. The molecule has 1 heterocycles. The van der Waals surface area contributed by atoms with Crippen molar-refractivity contribution in [3.63, 3.8) is 0 Å². The van der Waals surface area contributed by atoms with Gasteiger partial charge in [-0.3, -0.25) is 0 Å². The lowest BCUT2D eigenvalue weighted by atomic mass is 10.2. The minimum absolute atomic E-state index is 0.920. The number of rotatable bonds is 3. The average molecular weight is 236 g/mol. The fourth-order valence-electron chi connectivity index (χ4n) is 2.27. The second kappa shape index (κ2) is 4.57. The summed E-state index contributed by atoms with van der Waals surface area (Å²) in [6.07, 6.45) is 2.15. The number of hydrogen-bond donors (Lipinski definition) is 1. The first-order valence-electron chi connectivity index (χ1n) is 6.17. The second-order valence-electron chi connectivity index (χ2n) is 4.45. The highest BCUT2D eigenvalue weighted by atomic mass is 15.0. The van der Waals surface area contributed by atoms with Crippen molar-refractivity contribution >= 4 is 16.6 Å². The summed E-state index contributed by atoms with van der Waals surface area (Å²) >= 11 is 0. The maximum Gasteiger partial charge on any atom is 0.0484 e. The van der Waals surface area contributed by atoms with Crippen LogP contribution < -0.4 is 5.32 Å². The molecule has 2 nitrogen and oxygen atoms in total. The number of hydrogen-bond acceptors (Lipinski definition) is 1. The van der Waals surface area contributed by atoms with Crippen LogP contribution in [-0.2, 0) is 6.54 Å². The van der Waals surface area contributed by atoms with Crippen LogP contribution in [0.15, 0.2) is 60.8 Å². The Hall–Kier alpha value is -2.22. The maximum absolute atomic E-state index is 3.17. The molecule has 1 aromatic heterocycles. The van der Waals surface area contributed by atoms with Crippen LogP contribution in [0.4, 0.5) is 5.69 Å². The Bertz CT molecular complexity index is 653. The largest absolute Gasteiger partial charge is 0.388 e. The highest BCUT2D eigenvalue weighted by molar-refractivity contribution is 5.83. The van der Waals surface area contributed by atoms with Gasteiger partial charge in [0.2, 0.25) is 0 Å². The molecule has 1 N–H and O–H groups in total. The lowest BCUT2D eigenvalue weighted by Gasteiger charge is -2.06. The van der Waals surface area contributed by atoms with E-state index in [0.717, 1.165) is 12.2 Å². The standard InChI is InChI=1S/C16H16N2/c1-17-15-7-8-16-14(11-15)9-10-18(16)12-13-5-3-2-4-6-13/h2-11,17H,12H2,1H3.